The van der Waals surface area contributed by atoms with E-state index in [1.165, 1.54) is 6.20 Å². The first-order valence-electron chi connectivity index (χ1n) is 5.88. The Labute approximate surface area is 110 Å². The van der Waals surface area contributed by atoms with Gasteiger partial charge in [-0.15, -0.1) is 0 Å². The van der Waals surface area contributed by atoms with Crippen LogP contribution in [0.3, 0.4) is 0 Å². The highest BCUT2D eigenvalue weighted by Gasteiger charge is 2.11. The van der Waals surface area contributed by atoms with E-state index in [9.17, 15) is 10.1 Å². The molecule has 0 saturated heterocycles. The summed E-state index contributed by atoms with van der Waals surface area (Å²) >= 11 is 0. The van der Waals surface area contributed by atoms with E-state index in [0.29, 0.717) is 17.9 Å². The summed E-state index contributed by atoms with van der Waals surface area (Å²) in [5.41, 5.74) is 1.77. The lowest BCUT2D eigenvalue weighted by molar-refractivity contribution is -0.385. The SMILES string of the molecule is Cc1cc(NCCc2cnn(C)c2)ncc1[N+](=O)[O-]. The third-order valence-corrected chi connectivity index (χ3v) is 2.76. The molecule has 0 atom stereocenters. The number of nitro groups is 1. The van der Waals surface area contributed by atoms with Gasteiger partial charge in [-0.3, -0.25) is 14.8 Å². The van der Waals surface area contributed by atoms with Gasteiger partial charge in [-0.05, 0) is 25.0 Å². The highest BCUT2D eigenvalue weighted by molar-refractivity contribution is 5.46. The van der Waals surface area contributed by atoms with Crippen molar-refractivity contribution in [1.82, 2.24) is 14.8 Å². The second-order valence-corrected chi connectivity index (χ2v) is 4.31. The first-order chi connectivity index (χ1) is 9.06. The van der Waals surface area contributed by atoms with Crippen molar-refractivity contribution in [2.24, 2.45) is 7.05 Å². The number of hydrogen-bond donors (Lipinski definition) is 1. The molecule has 0 aliphatic rings. The van der Waals surface area contributed by atoms with Gasteiger partial charge >= 0.3 is 0 Å². The molecule has 0 spiro atoms. The van der Waals surface area contributed by atoms with Crippen LogP contribution in [-0.2, 0) is 13.5 Å². The van der Waals surface area contributed by atoms with E-state index >= 15 is 0 Å². The lowest BCUT2D eigenvalue weighted by Crippen LogP contribution is -2.06. The fourth-order valence-corrected chi connectivity index (χ4v) is 1.77. The molecule has 2 aromatic heterocycles. The second-order valence-electron chi connectivity index (χ2n) is 4.31. The molecule has 0 aromatic carbocycles. The van der Waals surface area contributed by atoms with Crippen molar-refractivity contribution in [1.29, 1.82) is 0 Å². The van der Waals surface area contributed by atoms with Gasteiger partial charge in [0.15, 0.2) is 0 Å². The van der Waals surface area contributed by atoms with Crippen molar-refractivity contribution < 1.29 is 4.92 Å². The molecular weight excluding hydrogens is 246 g/mol. The zero-order valence-electron chi connectivity index (χ0n) is 10.8. The van der Waals surface area contributed by atoms with Crippen LogP contribution in [0, 0.1) is 17.0 Å². The summed E-state index contributed by atoms with van der Waals surface area (Å²) in [6, 6.07) is 1.68. The molecule has 1 N–H and O–H groups in total. The molecule has 2 rings (SSSR count). The van der Waals surface area contributed by atoms with Crippen LogP contribution in [0.2, 0.25) is 0 Å². The van der Waals surface area contributed by atoms with Crippen LogP contribution in [0.5, 0.6) is 0 Å². The zero-order chi connectivity index (χ0) is 13.8. The number of pyridine rings is 1. The van der Waals surface area contributed by atoms with E-state index < -0.39 is 4.92 Å². The van der Waals surface area contributed by atoms with Crippen molar-refractivity contribution in [3.05, 3.63) is 45.9 Å². The van der Waals surface area contributed by atoms with E-state index in [-0.39, 0.29) is 5.69 Å². The topological polar surface area (TPSA) is 85.9 Å². The maximum absolute atomic E-state index is 10.7. The van der Waals surface area contributed by atoms with Crippen LogP contribution in [0.1, 0.15) is 11.1 Å². The quantitative estimate of drug-likeness (QED) is 0.653. The molecule has 0 bridgehead atoms. The van der Waals surface area contributed by atoms with E-state index in [1.807, 2.05) is 19.4 Å². The van der Waals surface area contributed by atoms with E-state index in [0.717, 1.165) is 12.0 Å². The monoisotopic (exact) mass is 261 g/mol. The Balaban J connectivity index is 1.93. The summed E-state index contributed by atoms with van der Waals surface area (Å²) in [4.78, 5) is 14.3. The van der Waals surface area contributed by atoms with Crippen LogP contribution in [-0.4, -0.2) is 26.2 Å². The molecule has 0 radical (unpaired) electrons. The van der Waals surface area contributed by atoms with E-state index in [4.69, 9.17) is 0 Å². The van der Waals surface area contributed by atoms with Gasteiger partial charge in [-0.25, -0.2) is 4.98 Å². The maximum atomic E-state index is 10.7. The van der Waals surface area contributed by atoms with Gasteiger partial charge in [0.1, 0.15) is 12.0 Å². The predicted octanol–water partition coefficient (Wildman–Crippen LogP) is 1.69. The smallest absolute Gasteiger partial charge is 0.290 e. The number of anilines is 1. The van der Waals surface area contributed by atoms with Gasteiger partial charge in [0.05, 0.1) is 11.1 Å². The standard InChI is InChI=1S/C12H15N5O2/c1-9-5-12(14-7-11(9)17(18)19)13-4-3-10-6-15-16(2)8-10/h5-8H,3-4H2,1-2H3,(H,13,14). The highest BCUT2D eigenvalue weighted by Crippen LogP contribution is 2.18. The number of aromatic nitrogens is 3. The Bertz CT molecular complexity index is 594. The van der Waals surface area contributed by atoms with E-state index in [2.05, 4.69) is 15.4 Å². The molecule has 0 aliphatic carbocycles. The van der Waals surface area contributed by atoms with Crippen LogP contribution in [0.25, 0.3) is 0 Å². The molecule has 0 aliphatic heterocycles. The molecule has 2 heterocycles. The summed E-state index contributed by atoms with van der Waals surface area (Å²) in [5.74, 6) is 0.645. The van der Waals surface area contributed by atoms with Crippen LogP contribution in [0.4, 0.5) is 11.5 Å². The van der Waals surface area contributed by atoms with Gasteiger partial charge in [-0.2, -0.15) is 5.10 Å². The lowest BCUT2D eigenvalue weighted by Gasteiger charge is -2.05. The normalized spacial score (nSPS) is 10.4. The third-order valence-electron chi connectivity index (χ3n) is 2.76. The fraction of sp³-hybridized carbons (Fsp3) is 0.333. The summed E-state index contributed by atoms with van der Waals surface area (Å²) in [7, 11) is 1.87. The Kier molecular flexibility index (Phi) is 3.74. The Morgan fingerprint density at radius 2 is 2.26 bits per heavy atom. The first kappa shape index (κ1) is 13.0. The van der Waals surface area contributed by atoms with Gasteiger partial charge in [-0.1, -0.05) is 0 Å². The Morgan fingerprint density at radius 1 is 1.47 bits per heavy atom. The van der Waals surface area contributed by atoms with Crippen molar-refractivity contribution >= 4 is 11.5 Å². The molecule has 7 heteroatoms. The molecule has 0 fully saturated rings. The van der Waals surface area contributed by atoms with Gasteiger partial charge in [0, 0.05) is 25.4 Å². The van der Waals surface area contributed by atoms with Crippen LogP contribution < -0.4 is 5.32 Å². The minimum atomic E-state index is -0.429. The molecule has 7 nitrogen and oxygen atoms in total. The molecular formula is C12H15N5O2. The molecule has 0 saturated carbocycles. The lowest BCUT2D eigenvalue weighted by atomic mass is 10.2. The maximum Gasteiger partial charge on any atom is 0.290 e. The predicted molar refractivity (Wildman–Crippen MR) is 71.0 cm³/mol. The minimum absolute atomic E-state index is 0.0396. The summed E-state index contributed by atoms with van der Waals surface area (Å²) in [6.45, 7) is 2.40. The summed E-state index contributed by atoms with van der Waals surface area (Å²) in [6.07, 6.45) is 5.87. The van der Waals surface area contributed by atoms with Crippen LogP contribution in [0.15, 0.2) is 24.7 Å². The van der Waals surface area contributed by atoms with Crippen LogP contribution >= 0.6 is 0 Å². The van der Waals surface area contributed by atoms with E-state index in [1.54, 1.807) is 17.7 Å². The van der Waals surface area contributed by atoms with Gasteiger partial charge < -0.3 is 5.32 Å². The average molecular weight is 261 g/mol. The average Bonchev–Trinajstić information content (AvgIpc) is 2.75. The number of nitrogens with one attached hydrogen (secondary N) is 1. The van der Waals surface area contributed by atoms with Crippen molar-refractivity contribution in [3.63, 3.8) is 0 Å². The Morgan fingerprint density at radius 3 is 2.84 bits per heavy atom. The molecule has 100 valence electrons. The number of aryl methyl sites for hydroxylation is 2. The minimum Gasteiger partial charge on any atom is -0.370 e. The van der Waals surface area contributed by atoms with Crippen molar-refractivity contribution in [2.75, 3.05) is 11.9 Å². The number of nitrogens with zero attached hydrogens (tertiary/aromatic N) is 4. The molecule has 2 aromatic rings. The molecule has 19 heavy (non-hydrogen) atoms. The number of rotatable bonds is 5. The molecule has 0 amide bonds. The highest BCUT2D eigenvalue weighted by atomic mass is 16.6. The zero-order valence-corrected chi connectivity index (χ0v) is 10.8. The second kappa shape index (κ2) is 5.47. The summed E-state index contributed by atoms with van der Waals surface area (Å²) in [5, 5.41) is 17.9. The van der Waals surface area contributed by atoms with Crippen molar-refractivity contribution in [3.8, 4) is 0 Å². The van der Waals surface area contributed by atoms with Crippen molar-refractivity contribution in [2.45, 2.75) is 13.3 Å². The largest absolute Gasteiger partial charge is 0.370 e. The van der Waals surface area contributed by atoms with Gasteiger partial charge in [0.2, 0.25) is 0 Å². The number of hydrogen-bond acceptors (Lipinski definition) is 5. The Hall–Kier alpha value is -2.44. The third kappa shape index (κ3) is 3.27. The first-order valence-corrected chi connectivity index (χ1v) is 5.88. The summed E-state index contributed by atoms with van der Waals surface area (Å²) < 4.78 is 1.75. The van der Waals surface area contributed by atoms with Gasteiger partial charge in [0.25, 0.3) is 5.69 Å². The fourth-order valence-electron chi connectivity index (χ4n) is 1.77. The molecule has 0 unspecified atom stereocenters.